The molecule has 0 spiro atoms. The van der Waals surface area contributed by atoms with Gasteiger partial charge < -0.3 is 4.74 Å². The van der Waals surface area contributed by atoms with Crippen LogP contribution in [0.15, 0.2) is 30.3 Å². The molecule has 0 aliphatic rings. The van der Waals surface area contributed by atoms with Crippen LogP contribution in [-0.2, 0) is 4.74 Å². The number of para-hydroxylation sites is 1. The molecule has 0 fully saturated rings. The number of carbonyl (C=O) groups is 1. The molecular weight excluding hydrogens is 166 g/mol. The fraction of sp³-hybridized carbons (Fsp3) is 0.222. The van der Waals surface area contributed by atoms with E-state index in [9.17, 15) is 4.79 Å². The minimum Gasteiger partial charge on any atom is -0.450 e. The Morgan fingerprint density at radius 1 is 1.42 bits per heavy atom. The molecule has 0 saturated carbocycles. The monoisotopic (exact) mass is 177 g/mol. The maximum Gasteiger partial charge on any atom is 0.411 e. The average molecular weight is 177 g/mol. The Balaban J connectivity index is 2.47. The Hall–Kier alpha value is -1.51. The van der Waals surface area contributed by atoms with E-state index >= 15 is 0 Å². The summed E-state index contributed by atoms with van der Waals surface area (Å²) in [7, 11) is 0. The van der Waals surface area contributed by atoms with Gasteiger partial charge in [0, 0.05) is 5.69 Å². The summed E-state index contributed by atoms with van der Waals surface area (Å²) in [5.41, 5.74) is 0.746. The van der Waals surface area contributed by atoms with E-state index in [1.165, 1.54) is 0 Å². The Morgan fingerprint density at radius 3 is 2.67 bits per heavy atom. The third-order valence-corrected chi connectivity index (χ3v) is 1.30. The number of carbonyl (C=O) groups excluding carboxylic acids is 1. The number of amides is 1. The Labute approximate surface area is 71.4 Å². The average Bonchev–Trinajstić information content (AvgIpc) is 2.06. The fourth-order valence-electron chi connectivity index (χ4n) is 0.807. The van der Waals surface area contributed by atoms with Crippen molar-refractivity contribution in [3.8, 4) is 0 Å². The first kappa shape index (κ1) is 8.59. The van der Waals surface area contributed by atoms with Crippen LogP contribution >= 0.6 is 0 Å². The van der Waals surface area contributed by atoms with Crippen molar-refractivity contribution in [2.24, 2.45) is 0 Å². The van der Waals surface area contributed by atoms with Crippen LogP contribution in [0, 0.1) is 0 Å². The second-order valence-corrected chi connectivity index (χ2v) is 2.21. The first-order valence-corrected chi connectivity index (χ1v) is 3.81. The van der Waals surface area contributed by atoms with E-state index in [1.807, 2.05) is 18.2 Å². The highest BCUT2D eigenvalue weighted by atomic mass is 16.6. The van der Waals surface area contributed by atoms with Gasteiger partial charge in [-0.15, -0.1) is 0 Å². The van der Waals surface area contributed by atoms with Crippen LogP contribution in [-0.4, -0.2) is 12.7 Å². The van der Waals surface area contributed by atoms with Gasteiger partial charge in [-0.25, -0.2) is 4.79 Å². The zero-order valence-corrected chi connectivity index (χ0v) is 6.91. The summed E-state index contributed by atoms with van der Waals surface area (Å²) in [5, 5.41) is 2.58. The molecule has 12 heavy (non-hydrogen) atoms. The van der Waals surface area contributed by atoms with Crippen molar-refractivity contribution in [3.63, 3.8) is 0 Å². The summed E-state index contributed by atoms with van der Waals surface area (Å²) < 4.78 is 4.70. The van der Waals surface area contributed by atoms with Gasteiger partial charge in [0.2, 0.25) is 0 Å². The zero-order chi connectivity index (χ0) is 8.81. The third-order valence-electron chi connectivity index (χ3n) is 1.30. The van der Waals surface area contributed by atoms with Gasteiger partial charge >= 0.3 is 6.09 Å². The molecule has 0 radical (unpaired) electrons. The van der Waals surface area contributed by atoms with Gasteiger partial charge in [-0.05, 0) is 19.1 Å². The van der Waals surface area contributed by atoms with Gasteiger partial charge in [0.15, 0.2) is 0 Å². The number of rotatable bonds is 2. The highest BCUT2D eigenvalue weighted by Crippen LogP contribution is 2.04. The lowest BCUT2D eigenvalue weighted by molar-refractivity contribution is 0.168. The van der Waals surface area contributed by atoms with Gasteiger partial charge in [0.05, 0.1) is 6.61 Å². The van der Waals surface area contributed by atoms with Crippen molar-refractivity contribution < 1.29 is 9.53 Å². The van der Waals surface area contributed by atoms with Crippen molar-refractivity contribution >= 4 is 11.8 Å². The molecule has 0 aliphatic carbocycles. The van der Waals surface area contributed by atoms with E-state index in [1.54, 1.807) is 19.1 Å². The number of anilines is 1. The molecule has 3 nitrogen and oxygen atoms in total. The van der Waals surface area contributed by atoms with E-state index in [0.717, 1.165) is 5.69 Å². The summed E-state index contributed by atoms with van der Waals surface area (Å²) in [4.78, 5) is 10.9. The van der Waals surface area contributed by atoms with Crippen LogP contribution in [0.1, 0.15) is 6.92 Å². The second kappa shape index (κ2) is 4.38. The standard InChI is InChI=1S/C9H11NO2/c1-2-12-9(11)10-8-6-4-3-5-7-8/h3-7H,2H2,1H3,(H,10,11)/i3+2,4+2,5+2,6+2,7+2,8+2. The predicted octanol–water partition coefficient (Wildman–Crippen LogP) is 2.25. The molecule has 3 heteroatoms. The summed E-state index contributed by atoms with van der Waals surface area (Å²) >= 11 is 0. The molecule has 1 aromatic carbocycles. The highest BCUT2D eigenvalue weighted by Gasteiger charge is 1.98. The van der Waals surface area contributed by atoms with E-state index in [0.29, 0.717) is 6.61 Å². The summed E-state index contributed by atoms with van der Waals surface area (Å²) in [6.45, 7) is 2.16. The Kier molecular flexibility index (Phi) is 3.14. The fourth-order valence-corrected chi connectivity index (χ4v) is 0.807. The maximum absolute atomic E-state index is 10.9. The third kappa shape index (κ3) is 2.62. The minimum atomic E-state index is -0.413. The van der Waals surface area contributed by atoms with Crippen LogP contribution in [0.3, 0.4) is 0 Å². The zero-order valence-electron chi connectivity index (χ0n) is 6.91. The molecule has 64 valence electrons. The van der Waals surface area contributed by atoms with Crippen LogP contribution in [0.4, 0.5) is 10.5 Å². The van der Waals surface area contributed by atoms with Gasteiger partial charge in [-0.1, -0.05) is 18.2 Å². The molecule has 0 saturated heterocycles. The number of hydrogen-bond donors (Lipinski definition) is 1. The van der Waals surface area contributed by atoms with Crippen LogP contribution < -0.4 is 5.32 Å². The Bertz CT molecular complexity index is 246. The van der Waals surface area contributed by atoms with E-state index in [-0.39, 0.29) is 0 Å². The smallest absolute Gasteiger partial charge is 0.411 e. The van der Waals surface area contributed by atoms with E-state index < -0.39 is 6.09 Å². The summed E-state index contributed by atoms with van der Waals surface area (Å²) in [6, 6.07) is 9.19. The summed E-state index contributed by atoms with van der Waals surface area (Å²) in [6.07, 6.45) is -0.413. The highest BCUT2D eigenvalue weighted by molar-refractivity contribution is 5.84. The lowest BCUT2D eigenvalue weighted by Crippen LogP contribution is -2.12. The largest absolute Gasteiger partial charge is 0.450 e. The first-order valence-electron chi connectivity index (χ1n) is 3.81. The molecule has 1 amide bonds. The minimum absolute atomic E-state index is 0.388. The van der Waals surface area contributed by atoms with Crippen molar-refractivity contribution in [2.45, 2.75) is 6.92 Å². The molecular formula is C9H11NO2. The number of hydrogen-bond acceptors (Lipinski definition) is 2. The Morgan fingerprint density at radius 2 is 2.08 bits per heavy atom. The van der Waals surface area contributed by atoms with Gasteiger partial charge in [0.25, 0.3) is 0 Å². The maximum atomic E-state index is 10.9. The predicted molar refractivity (Wildman–Crippen MR) is 47.1 cm³/mol. The molecule has 0 atom stereocenters. The molecule has 1 N–H and O–H groups in total. The first-order chi connectivity index (χ1) is 5.83. The molecule has 1 aromatic rings. The van der Waals surface area contributed by atoms with Crippen LogP contribution in [0.2, 0.25) is 0 Å². The molecule has 0 heterocycles. The second-order valence-electron chi connectivity index (χ2n) is 2.21. The number of nitrogens with one attached hydrogen (secondary N) is 1. The van der Waals surface area contributed by atoms with Crippen molar-refractivity contribution in [1.82, 2.24) is 0 Å². The lowest BCUT2D eigenvalue weighted by atomic mass is 10.9. The number of ether oxygens (including phenoxy) is 1. The molecule has 0 bridgehead atoms. The molecule has 1 rings (SSSR count). The summed E-state index contributed by atoms with van der Waals surface area (Å²) in [5.74, 6) is 0. The van der Waals surface area contributed by atoms with Gasteiger partial charge in [-0.2, -0.15) is 0 Å². The van der Waals surface area contributed by atoms with Crippen LogP contribution in [0.25, 0.3) is 0 Å². The number of benzene rings is 1. The topological polar surface area (TPSA) is 38.3 Å². The SMILES string of the molecule is CCOC(=O)N[14c]1[14cH][14cH][14cH][14cH][14cH]1. The van der Waals surface area contributed by atoms with E-state index in [4.69, 9.17) is 4.74 Å². The van der Waals surface area contributed by atoms with Crippen molar-refractivity contribution in [2.75, 3.05) is 11.9 Å². The van der Waals surface area contributed by atoms with E-state index in [2.05, 4.69) is 5.32 Å². The quantitative estimate of drug-likeness (QED) is 0.752. The molecule has 0 unspecified atom stereocenters. The van der Waals surface area contributed by atoms with Crippen molar-refractivity contribution in [1.29, 1.82) is 0 Å². The lowest BCUT2D eigenvalue weighted by Gasteiger charge is -2.03. The molecule has 0 aromatic heterocycles. The van der Waals surface area contributed by atoms with Gasteiger partial charge in [-0.3, -0.25) is 5.32 Å². The van der Waals surface area contributed by atoms with Gasteiger partial charge in [0.1, 0.15) is 0 Å². The van der Waals surface area contributed by atoms with Crippen molar-refractivity contribution in [3.05, 3.63) is 30.3 Å². The normalized spacial score (nSPS) is 9.08. The molecule has 0 aliphatic heterocycles. The van der Waals surface area contributed by atoms with Crippen LogP contribution in [0.5, 0.6) is 0 Å².